The number of benzene rings is 2. The molecule has 0 bridgehead atoms. The van der Waals surface area contributed by atoms with Crippen molar-refractivity contribution in [2.45, 2.75) is 39.7 Å². The Bertz CT molecular complexity index is 966. The normalized spacial score (nSPS) is 16.2. The highest BCUT2D eigenvalue weighted by atomic mass is 15.6. The van der Waals surface area contributed by atoms with Crippen molar-refractivity contribution in [1.82, 2.24) is 20.2 Å². The summed E-state index contributed by atoms with van der Waals surface area (Å²) in [5.74, 6) is 1.18. The highest BCUT2D eigenvalue weighted by Gasteiger charge is 2.24. The van der Waals surface area contributed by atoms with Crippen LogP contribution in [0.3, 0.4) is 0 Å². The van der Waals surface area contributed by atoms with Crippen molar-refractivity contribution in [3.05, 3.63) is 76.4 Å². The van der Waals surface area contributed by atoms with Gasteiger partial charge in [0.25, 0.3) is 0 Å². The minimum Gasteiger partial charge on any atom is -0.323 e. The van der Waals surface area contributed by atoms with E-state index >= 15 is 0 Å². The molecule has 1 N–H and O–H groups in total. The molecule has 0 fully saturated rings. The van der Waals surface area contributed by atoms with Crippen molar-refractivity contribution < 1.29 is 0 Å². The van der Waals surface area contributed by atoms with Crippen LogP contribution in [0.15, 0.2) is 48.5 Å². The molecule has 1 aliphatic heterocycles. The van der Waals surface area contributed by atoms with Gasteiger partial charge in [-0.05, 0) is 70.2 Å². The summed E-state index contributed by atoms with van der Waals surface area (Å²) in [6.45, 7) is 8.67. The molecular weight excluding hydrogens is 322 g/mol. The fourth-order valence-electron chi connectivity index (χ4n) is 3.25. The zero-order valence-electron chi connectivity index (χ0n) is 15.6. The third-order valence-corrected chi connectivity index (χ3v) is 5.09. The van der Waals surface area contributed by atoms with Crippen molar-refractivity contribution >= 4 is 11.6 Å². The van der Waals surface area contributed by atoms with Crippen LogP contribution in [0, 0.1) is 13.8 Å². The number of nitrogens with zero attached hydrogens (tertiary/aromatic N) is 4. The SMILES string of the molecule is Cc1ccc(C2=CC(c3ccc(C(C)C)cc3)n3nnnc3N2)cc1C. The molecule has 0 saturated carbocycles. The molecule has 5 heteroatoms. The molecule has 0 aliphatic carbocycles. The van der Waals surface area contributed by atoms with Crippen LogP contribution < -0.4 is 5.32 Å². The van der Waals surface area contributed by atoms with E-state index in [4.69, 9.17) is 0 Å². The first-order chi connectivity index (χ1) is 12.5. The minimum absolute atomic E-state index is 0.0286. The molecule has 26 heavy (non-hydrogen) atoms. The molecule has 0 spiro atoms. The predicted octanol–water partition coefficient (Wildman–Crippen LogP) is 4.47. The number of aryl methyl sites for hydroxylation is 2. The lowest BCUT2D eigenvalue weighted by molar-refractivity contribution is 0.585. The first-order valence-corrected chi connectivity index (χ1v) is 8.97. The van der Waals surface area contributed by atoms with E-state index in [-0.39, 0.29) is 6.04 Å². The number of hydrogen-bond donors (Lipinski definition) is 1. The van der Waals surface area contributed by atoms with Crippen LogP contribution in [0.1, 0.15) is 53.6 Å². The second kappa shape index (κ2) is 6.41. The van der Waals surface area contributed by atoms with Gasteiger partial charge in [-0.15, -0.1) is 0 Å². The van der Waals surface area contributed by atoms with Crippen LogP contribution in [-0.2, 0) is 0 Å². The van der Waals surface area contributed by atoms with Gasteiger partial charge in [0, 0.05) is 5.70 Å². The summed E-state index contributed by atoms with van der Waals surface area (Å²) in [5.41, 5.74) is 7.24. The maximum atomic E-state index is 4.18. The number of rotatable bonds is 3. The molecule has 1 aliphatic rings. The van der Waals surface area contributed by atoms with E-state index in [9.17, 15) is 0 Å². The molecule has 5 nitrogen and oxygen atoms in total. The van der Waals surface area contributed by atoms with Gasteiger partial charge in [0.2, 0.25) is 5.95 Å². The van der Waals surface area contributed by atoms with Gasteiger partial charge < -0.3 is 5.32 Å². The fraction of sp³-hybridized carbons (Fsp3) is 0.286. The Hall–Kier alpha value is -2.95. The Kier molecular flexibility index (Phi) is 4.07. The fourth-order valence-corrected chi connectivity index (χ4v) is 3.25. The van der Waals surface area contributed by atoms with E-state index < -0.39 is 0 Å². The van der Waals surface area contributed by atoms with Crippen molar-refractivity contribution in [2.24, 2.45) is 0 Å². The summed E-state index contributed by atoms with van der Waals surface area (Å²) >= 11 is 0. The van der Waals surface area contributed by atoms with Crippen LogP contribution in [0.25, 0.3) is 5.70 Å². The molecule has 1 unspecified atom stereocenters. The Balaban J connectivity index is 1.76. The Morgan fingerprint density at radius 1 is 1.00 bits per heavy atom. The van der Waals surface area contributed by atoms with Gasteiger partial charge in [0.1, 0.15) is 6.04 Å². The van der Waals surface area contributed by atoms with Gasteiger partial charge in [0.05, 0.1) is 0 Å². The molecule has 0 amide bonds. The number of tetrazole rings is 1. The van der Waals surface area contributed by atoms with E-state index in [2.05, 4.69) is 97.1 Å². The van der Waals surface area contributed by atoms with Crippen LogP contribution in [0.4, 0.5) is 5.95 Å². The number of hydrogen-bond acceptors (Lipinski definition) is 4. The van der Waals surface area contributed by atoms with Crippen LogP contribution in [-0.4, -0.2) is 20.2 Å². The van der Waals surface area contributed by atoms with Crippen LogP contribution in [0.5, 0.6) is 0 Å². The minimum atomic E-state index is -0.0286. The van der Waals surface area contributed by atoms with Gasteiger partial charge in [0.15, 0.2) is 0 Å². The lowest BCUT2D eigenvalue weighted by Crippen LogP contribution is -2.20. The predicted molar refractivity (Wildman–Crippen MR) is 104 cm³/mol. The zero-order chi connectivity index (χ0) is 18.3. The lowest BCUT2D eigenvalue weighted by Gasteiger charge is -2.24. The smallest absolute Gasteiger partial charge is 0.248 e. The van der Waals surface area contributed by atoms with E-state index in [0.717, 1.165) is 11.3 Å². The molecule has 1 atom stereocenters. The first kappa shape index (κ1) is 16.5. The summed E-state index contributed by atoms with van der Waals surface area (Å²) in [4.78, 5) is 0. The van der Waals surface area contributed by atoms with Crippen molar-refractivity contribution in [1.29, 1.82) is 0 Å². The van der Waals surface area contributed by atoms with E-state index in [1.54, 1.807) is 0 Å². The molecule has 1 aromatic heterocycles. The van der Waals surface area contributed by atoms with Gasteiger partial charge in [-0.3, -0.25) is 0 Å². The molecule has 2 heterocycles. The number of anilines is 1. The summed E-state index contributed by atoms with van der Waals surface area (Å²) in [6.07, 6.45) is 2.19. The van der Waals surface area contributed by atoms with Gasteiger partial charge in [-0.25, -0.2) is 0 Å². The summed E-state index contributed by atoms with van der Waals surface area (Å²) in [6, 6.07) is 15.2. The monoisotopic (exact) mass is 345 g/mol. The van der Waals surface area contributed by atoms with Crippen molar-refractivity contribution in [2.75, 3.05) is 5.32 Å². The average molecular weight is 345 g/mol. The Morgan fingerprint density at radius 2 is 1.77 bits per heavy atom. The maximum Gasteiger partial charge on any atom is 0.248 e. The second-order valence-corrected chi connectivity index (χ2v) is 7.22. The molecule has 132 valence electrons. The van der Waals surface area contributed by atoms with Crippen molar-refractivity contribution in [3.63, 3.8) is 0 Å². The quantitative estimate of drug-likeness (QED) is 0.761. The molecule has 0 saturated heterocycles. The average Bonchev–Trinajstić information content (AvgIpc) is 3.12. The number of fused-ring (bicyclic) bond motifs is 1. The number of allylic oxidation sites excluding steroid dienone is 1. The Labute approximate surface area is 153 Å². The molecule has 4 rings (SSSR count). The zero-order valence-corrected chi connectivity index (χ0v) is 15.6. The molecule has 2 aromatic carbocycles. The highest BCUT2D eigenvalue weighted by Crippen LogP contribution is 2.32. The molecule has 0 radical (unpaired) electrons. The maximum absolute atomic E-state index is 4.18. The van der Waals surface area contributed by atoms with E-state index in [0.29, 0.717) is 11.9 Å². The first-order valence-electron chi connectivity index (χ1n) is 8.97. The summed E-state index contributed by atoms with van der Waals surface area (Å²) < 4.78 is 1.83. The topological polar surface area (TPSA) is 55.6 Å². The van der Waals surface area contributed by atoms with Crippen LogP contribution in [0.2, 0.25) is 0 Å². The van der Waals surface area contributed by atoms with E-state index in [1.807, 2.05) is 4.68 Å². The Morgan fingerprint density at radius 3 is 2.46 bits per heavy atom. The molecular formula is C21H23N5. The lowest BCUT2D eigenvalue weighted by atomic mass is 9.96. The third-order valence-electron chi connectivity index (χ3n) is 5.09. The van der Waals surface area contributed by atoms with Crippen molar-refractivity contribution in [3.8, 4) is 0 Å². The molecule has 3 aromatic rings. The van der Waals surface area contributed by atoms with Gasteiger partial charge in [-0.1, -0.05) is 55.3 Å². The standard InChI is InChI=1S/C21H23N5/c1-13(2)16-7-9-17(10-8-16)20-12-19(22-21-23-24-25-26(20)21)18-6-5-14(3)15(4)11-18/h5-13,20H,1-4H3,(H,22,23,25). The second-order valence-electron chi connectivity index (χ2n) is 7.22. The van der Waals surface area contributed by atoms with Gasteiger partial charge in [-0.2, -0.15) is 4.68 Å². The van der Waals surface area contributed by atoms with Gasteiger partial charge >= 0.3 is 0 Å². The summed E-state index contributed by atoms with van der Waals surface area (Å²) in [5, 5.41) is 15.5. The largest absolute Gasteiger partial charge is 0.323 e. The number of nitrogens with one attached hydrogen (secondary N) is 1. The highest BCUT2D eigenvalue weighted by molar-refractivity contribution is 5.77. The summed E-state index contributed by atoms with van der Waals surface area (Å²) in [7, 11) is 0. The number of aromatic nitrogens is 4. The third kappa shape index (κ3) is 2.90. The van der Waals surface area contributed by atoms with Crippen LogP contribution >= 0.6 is 0 Å². The van der Waals surface area contributed by atoms with E-state index in [1.165, 1.54) is 22.3 Å².